The summed E-state index contributed by atoms with van der Waals surface area (Å²) in [4.78, 5) is 18.9. The summed E-state index contributed by atoms with van der Waals surface area (Å²) >= 11 is 0. The first-order valence-corrected chi connectivity index (χ1v) is 9.02. The highest BCUT2D eigenvalue weighted by atomic mass is 16.1. The van der Waals surface area contributed by atoms with Crippen LogP contribution in [0, 0.1) is 0 Å². The van der Waals surface area contributed by atoms with E-state index < -0.39 is 11.9 Å². The Hall–Kier alpha value is -3.61. The molecule has 0 unspecified atom stereocenters. The van der Waals surface area contributed by atoms with Crippen LogP contribution in [-0.2, 0) is 4.79 Å². The summed E-state index contributed by atoms with van der Waals surface area (Å²) in [6.07, 6.45) is 0. The molecule has 1 amide bonds. The van der Waals surface area contributed by atoms with Crippen LogP contribution in [-0.4, -0.2) is 34.8 Å². The number of primary amides is 1. The number of benzene rings is 2. The van der Waals surface area contributed by atoms with Crippen LogP contribution in [0.25, 0.3) is 11.4 Å². The van der Waals surface area contributed by atoms with Gasteiger partial charge in [-0.3, -0.25) is 4.79 Å². The van der Waals surface area contributed by atoms with Crippen LogP contribution in [0.2, 0.25) is 0 Å². The van der Waals surface area contributed by atoms with Crippen LogP contribution in [0.1, 0.15) is 18.5 Å². The van der Waals surface area contributed by atoms with Crippen molar-refractivity contribution in [1.82, 2.24) is 14.8 Å². The number of amides is 1. The molecule has 7 nitrogen and oxygen atoms in total. The van der Waals surface area contributed by atoms with E-state index in [0.717, 1.165) is 16.8 Å². The standard InChI is InChI=1S/C21H22N6O/c1-13-17(19(22)28)18(14-7-5-4-6-8-14)27-21(23-13)24-20(25-27)15-9-11-16(12-10-15)26(2)3/h4-12,18H,1-3H3,(H2,22,28)(H,23,24,25)/t18-/m1/s1. The van der Waals surface area contributed by atoms with Crippen molar-refractivity contribution in [2.24, 2.45) is 5.73 Å². The van der Waals surface area contributed by atoms with E-state index in [-0.39, 0.29) is 0 Å². The quantitative estimate of drug-likeness (QED) is 0.733. The molecular formula is C21H22N6O. The largest absolute Gasteiger partial charge is 0.378 e. The average Bonchev–Trinajstić information content (AvgIpc) is 3.11. The zero-order valence-corrected chi connectivity index (χ0v) is 16.0. The Bertz CT molecular complexity index is 1050. The van der Waals surface area contributed by atoms with Crippen molar-refractivity contribution in [1.29, 1.82) is 0 Å². The van der Waals surface area contributed by atoms with Gasteiger partial charge in [0, 0.05) is 31.0 Å². The summed E-state index contributed by atoms with van der Waals surface area (Å²) in [6, 6.07) is 17.3. The molecule has 0 saturated heterocycles. The molecule has 28 heavy (non-hydrogen) atoms. The minimum absolute atomic E-state index is 0.419. The number of hydrogen-bond donors (Lipinski definition) is 2. The summed E-state index contributed by atoms with van der Waals surface area (Å²) in [5.74, 6) is 0.701. The Morgan fingerprint density at radius 3 is 2.39 bits per heavy atom. The van der Waals surface area contributed by atoms with Crippen molar-refractivity contribution in [3.63, 3.8) is 0 Å². The monoisotopic (exact) mass is 374 g/mol. The Morgan fingerprint density at radius 2 is 1.79 bits per heavy atom. The van der Waals surface area contributed by atoms with E-state index in [9.17, 15) is 4.79 Å². The van der Waals surface area contributed by atoms with Gasteiger partial charge < -0.3 is 16.0 Å². The Kier molecular flexibility index (Phi) is 4.35. The van der Waals surface area contributed by atoms with E-state index in [0.29, 0.717) is 23.0 Å². The van der Waals surface area contributed by atoms with Crippen LogP contribution in [0.3, 0.4) is 0 Å². The van der Waals surface area contributed by atoms with Gasteiger partial charge in [0.25, 0.3) is 0 Å². The molecule has 2 aromatic carbocycles. The topological polar surface area (TPSA) is 89.1 Å². The number of nitrogens with one attached hydrogen (secondary N) is 1. The van der Waals surface area contributed by atoms with Gasteiger partial charge in [-0.25, -0.2) is 4.68 Å². The summed E-state index contributed by atoms with van der Waals surface area (Å²) in [6.45, 7) is 1.83. The van der Waals surface area contributed by atoms with Gasteiger partial charge in [-0.1, -0.05) is 30.3 Å². The lowest BCUT2D eigenvalue weighted by molar-refractivity contribution is -0.115. The van der Waals surface area contributed by atoms with E-state index >= 15 is 0 Å². The Labute approximate surface area is 163 Å². The lowest BCUT2D eigenvalue weighted by Gasteiger charge is -2.27. The molecule has 3 aromatic rings. The first kappa shape index (κ1) is 17.8. The number of rotatable bonds is 4. The van der Waals surface area contributed by atoms with E-state index in [2.05, 4.69) is 10.3 Å². The van der Waals surface area contributed by atoms with E-state index in [4.69, 9.17) is 10.8 Å². The second-order valence-corrected chi connectivity index (χ2v) is 6.99. The van der Waals surface area contributed by atoms with Gasteiger partial charge in [-0.05, 0) is 36.8 Å². The van der Waals surface area contributed by atoms with Gasteiger partial charge in [0.1, 0.15) is 6.04 Å². The fraction of sp³-hybridized carbons (Fsp3) is 0.190. The number of carbonyl (C=O) groups is 1. The maximum absolute atomic E-state index is 12.2. The first-order chi connectivity index (χ1) is 13.5. The maximum atomic E-state index is 12.2. The molecule has 0 saturated carbocycles. The molecule has 1 aliphatic rings. The summed E-state index contributed by atoms with van der Waals surface area (Å²) in [7, 11) is 3.99. The molecule has 1 aliphatic heterocycles. The van der Waals surface area contributed by atoms with Crippen molar-refractivity contribution in [2.45, 2.75) is 13.0 Å². The molecule has 2 heterocycles. The Morgan fingerprint density at radius 1 is 1.11 bits per heavy atom. The lowest BCUT2D eigenvalue weighted by atomic mass is 9.95. The number of hydrogen-bond acceptors (Lipinski definition) is 5. The first-order valence-electron chi connectivity index (χ1n) is 9.02. The molecule has 0 radical (unpaired) electrons. The summed E-state index contributed by atoms with van der Waals surface area (Å²) in [5.41, 5.74) is 9.81. The third-order valence-corrected chi connectivity index (χ3v) is 4.88. The predicted molar refractivity (Wildman–Crippen MR) is 110 cm³/mol. The molecule has 0 spiro atoms. The molecule has 1 atom stereocenters. The van der Waals surface area contributed by atoms with Crippen LogP contribution >= 0.6 is 0 Å². The molecule has 142 valence electrons. The normalized spacial score (nSPS) is 15.8. The van der Waals surface area contributed by atoms with Crippen molar-refractivity contribution in [2.75, 3.05) is 24.3 Å². The van der Waals surface area contributed by atoms with Gasteiger partial charge in [0.15, 0.2) is 5.82 Å². The van der Waals surface area contributed by atoms with Gasteiger partial charge >= 0.3 is 0 Å². The fourth-order valence-corrected chi connectivity index (χ4v) is 3.44. The molecule has 3 N–H and O–H groups in total. The number of nitrogens with two attached hydrogens (primary N) is 1. The molecule has 4 rings (SSSR count). The van der Waals surface area contributed by atoms with Crippen LogP contribution in [0.15, 0.2) is 65.9 Å². The molecule has 7 heteroatoms. The molecule has 0 aliphatic carbocycles. The minimum atomic E-state index is -0.475. The van der Waals surface area contributed by atoms with Gasteiger partial charge in [-0.2, -0.15) is 4.98 Å². The molecule has 0 bridgehead atoms. The average molecular weight is 374 g/mol. The highest BCUT2D eigenvalue weighted by molar-refractivity contribution is 5.95. The lowest BCUT2D eigenvalue weighted by Crippen LogP contribution is -2.31. The van der Waals surface area contributed by atoms with Crippen molar-refractivity contribution < 1.29 is 4.79 Å². The number of allylic oxidation sites excluding steroid dienone is 1. The van der Waals surface area contributed by atoms with Crippen LogP contribution in [0.5, 0.6) is 0 Å². The number of anilines is 2. The third kappa shape index (κ3) is 3.00. The Balaban J connectivity index is 1.81. The molecule has 1 aromatic heterocycles. The number of fused-ring (bicyclic) bond motifs is 1. The zero-order valence-electron chi connectivity index (χ0n) is 16.0. The van der Waals surface area contributed by atoms with E-state index in [1.54, 1.807) is 4.68 Å². The second-order valence-electron chi connectivity index (χ2n) is 6.99. The number of aromatic nitrogens is 3. The van der Waals surface area contributed by atoms with Gasteiger partial charge in [0.2, 0.25) is 11.9 Å². The second kappa shape index (κ2) is 6.84. The maximum Gasteiger partial charge on any atom is 0.248 e. The number of carbonyl (C=O) groups excluding carboxylic acids is 1. The molecule has 0 fully saturated rings. The summed E-state index contributed by atoms with van der Waals surface area (Å²) < 4.78 is 1.73. The van der Waals surface area contributed by atoms with Gasteiger partial charge in [-0.15, -0.1) is 5.10 Å². The predicted octanol–water partition coefficient (Wildman–Crippen LogP) is 2.79. The van der Waals surface area contributed by atoms with E-state index in [1.807, 2.05) is 80.5 Å². The zero-order chi connectivity index (χ0) is 19.8. The highest BCUT2D eigenvalue weighted by Gasteiger charge is 2.33. The fourth-order valence-electron chi connectivity index (χ4n) is 3.44. The third-order valence-electron chi connectivity index (χ3n) is 4.88. The van der Waals surface area contributed by atoms with E-state index in [1.165, 1.54) is 0 Å². The van der Waals surface area contributed by atoms with Crippen LogP contribution in [0.4, 0.5) is 11.6 Å². The molecular weight excluding hydrogens is 352 g/mol. The SMILES string of the molecule is CC1=C(C(N)=O)[C@@H](c2ccccc2)n2nc(-c3ccc(N(C)C)cc3)nc2N1. The highest BCUT2D eigenvalue weighted by Crippen LogP contribution is 2.36. The van der Waals surface area contributed by atoms with Crippen molar-refractivity contribution in [3.8, 4) is 11.4 Å². The van der Waals surface area contributed by atoms with Crippen molar-refractivity contribution >= 4 is 17.5 Å². The smallest absolute Gasteiger partial charge is 0.248 e. The van der Waals surface area contributed by atoms with Crippen molar-refractivity contribution in [3.05, 3.63) is 71.4 Å². The van der Waals surface area contributed by atoms with Crippen LogP contribution < -0.4 is 16.0 Å². The minimum Gasteiger partial charge on any atom is -0.378 e. The van der Waals surface area contributed by atoms with Gasteiger partial charge in [0.05, 0.1) is 5.57 Å². The number of nitrogens with zero attached hydrogens (tertiary/aromatic N) is 4. The summed E-state index contributed by atoms with van der Waals surface area (Å²) in [5, 5.41) is 7.88.